The fraction of sp³-hybridized carbons (Fsp3) is 0.176. The van der Waals surface area contributed by atoms with Crippen LogP contribution in [0.3, 0.4) is 0 Å². The topological polar surface area (TPSA) is 80.9 Å². The maximum absolute atomic E-state index is 10.9. The van der Waals surface area contributed by atoms with Crippen molar-refractivity contribution in [2.45, 2.75) is 18.1 Å². The van der Waals surface area contributed by atoms with Gasteiger partial charge in [0.1, 0.15) is 0 Å². The number of hydrogen-bond acceptors (Lipinski definition) is 5. The van der Waals surface area contributed by atoms with E-state index in [2.05, 4.69) is 15.2 Å². The van der Waals surface area contributed by atoms with E-state index in [1.807, 2.05) is 54.0 Å². The van der Waals surface area contributed by atoms with Crippen molar-refractivity contribution in [1.82, 2.24) is 19.7 Å². The third-order valence-electron chi connectivity index (χ3n) is 3.58. The largest absolute Gasteiger partial charge is 0.481 e. The molecule has 6 nitrogen and oxygen atoms in total. The molecule has 0 unspecified atom stereocenters. The first kappa shape index (κ1) is 16.2. The van der Waals surface area contributed by atoms with Crippen LogP contribution in [0.2, 0.25) is 0 Å². The van der Waals surface area contributed by atoms with Crippen molar-refractivity contribution >= 4 is 17.7 Å². The number of aromatic nitrogens is 4. The third-order valence-corrected chi connectivity index (χ3v) is 4.51. The van der Waals surface area contributed by atoms with Crippen LogP contribution in [0, 0.1) is 0 Å². The predicted molar refractivity (Wildman–Crippen MR) is 91.9 cm³/mol. The van der Waals surface area contributed by atoms with Gasteiger partial charge in [-0.1, -0.05) is 42.1 Å². The van der Waals surface area contributed by atoms with Crippen LogP contribution < -0.4 is 0 Å². The SMILES string of the molecule is C[C@H](c1ccccc1)n1c(SCC(=O)O)nnc1-c1cccnc1. The summed E-state index contributed by atoms with van der Waals surface area (Å²) in [6, 6.07) is 13.7. The minimum atomic E-state index is -0.884. The highest BCUT2D eigenvalue weighted by Crippen LogP contribution is 2.30. The smallest absolute Gasteiger partial charge is 0.313 e. The van der Waals surface area contributed by atoms with Gasteiger partial charge in [-0.3, -0.25) is 14.3 Å². The van der Waals surface area contributed by atoms with E-state index in [9.17, 15) is 4.79 Å². The quantitative estimate of drug-likeness (QED) is 0.694. The monoisotopic (exact) mass is 340 g/mol. The van der Waals surface area contributed by atoms with Gasteiger partial charge in [0, 0.05) is 18.0 Å². The number of rotatable bonds is 6. The molecule has 122 valence electrons. The van der Waals surface area contributed by atoms with Crippen LogP contribution in [0.5, 0.6) is 0 Å². The van der Waals surface area contributed by atoms with E-state index < -0.39 is 5.97 Å². The fourth-order valence-corrected chi connectivity index (χ4v) is 3.16. The van der Waals surface area contributed by atoms with E-state index in [4.69, 9.17) is 5.11 Å². The van der Waals surface area contributed by atoms with Crippen molar-refractivity contribution in [3.05, 3.63) is 60.4 Å². The second-order valence-electron chi connectivity index (χ2n) is 5.19. The third kappa shape index (κ3) is 3.46. The summed E-state index contributed by atoms with van der Waals surface area (Å²) in [6.45, 7) is 2.05. The Morgan fingerprint density at radius 1 is 1.21 bits per heavy atom. The molecular weight excluding hydrogens is 324 g/mol. The van der Waals surface area contributed by atoms with Crippen molar-refractivity contribution < 1.29 is 9.90 Å². The molecule has 3 aromatic rings. The van der Waals surface area contributed by atoms with Crippen molar-refractivity contribution in [2.75, 3.05) is 5.75 Å². The molecular formula is C17H16N4O2S. The zero-order valence-corrected chi connectivity index (χ0v) is 13.8. The first-order valence-corrected chi connectivity index (χ1v) is 8.40. The molecule has 0 saturated carbocycles. The van der Waals surface area contributed by atoms with Gasteiger partial charge in [0.15, 0.2) is 11.0 Å². The Morgan fingerprint density at radius 3 is 2.67 bits per heavy atom. The normalized spacial score (nSPS) is 12.0. The van der Waals surface area contributed by atoms with Crippen LogP contribution in [-0.4, -0.2) is 36.6 Å². The Hall–Kier alpha value is -2.67. The molecule has 0 saturated heterocycles. The molecule has 7 heteroatoms. The molecule has 3 rings (SSSR count). The summed E-state index contributed by atoms with van der Waals surface area (Å²) in [5.41, 5.74) is 1.94. The molecule has 1 atom stereocenters. The zero-order chi connectivity index (χ0) is 16.9. The van der Waals surface area contributed by atoms with E-state index in [-0.39, 0.29) is 11.8 Å². The number of benzene rings is 1. The van der Waals surface area contributed by atoms with Crippen LogP contribution in [0.25, 0.3) is 11.4 Å². The van der Waals surface area contributed by atoms with Crippen molar-refractivity contribution in [2.24, 2.45) is 0 Å². The molecule has 24 heavy (non-hydrogen) atoms. The average molecular weight is 340 g/mol. The lowest BCUT2D eigenvalue weighted by Gasteiger charge is -2.18. The lowest BCUT2D eigenvalue weighted by molar-refractivity contribution is -0.133. The molecule has 0 fully saturated rings. The molecule has 0 aliphatic rings. The standard InChI is InChI=1S/C17H16N4O2S/c1-12(13-6-3-2-4-7-13)21-16(14-8-5-9-18-10-14)19-20-17(21)24-11-15(22)23/h2-10,12H,11H2,1H3,(H,22,23)/t12-/m1/s1. The number of aliphatic carboxylic acids is 1. The van der Waals surface area contributed by atoms with Crippen LogP contribution in [-0.2, 0) is 4.79 Å². The number of nitrogens with zero attached hydrogens (tertiary/aromatic N) is 4. The molecule has 0 aliphatic carbocycles. The van der Waals surface area contributed by atoms with E-state index >= 15 is 0 Å². The summed E-state index contributed by atoms with van der Waals surface area (Å²) < 4.78 is 1.96. The lowest BCUT2D eigenvalue weighted by atomic mass is 10.1. The Labute approximate surface area is 143 Å². The summed E-state index contributed by atoms with van der Waals surface area (Å²) in [7, 11) is 0. The van der Waals surface area contributed by atoms with E-state index in [1.54, 1.807) is 12.4 Å². The number of carboxylic acid groups (broad SMARTS) is 1. The highest BCUT2D eigenvalue weighted by molar-refractivity contribution is 7.99. The van der Waals surface area contributed by atoms with Crippen molar-refractivity contribution in [1.29, 1.82) is 0 Å². The summed E-state index contributed by atoms with van der Waals surface area (Å²) in [4.78, 5) is 15.0. The number of carboxylic acids is 1. The summed E-state index contributed by atoms with van der Waals surface area (Å²) in [6.07, 6.45) is 3.43. The van der Waals surface area contributed by atoms with Gasteiger partial charge in [-0.15, -0.1) is 10.2 Å². The first-order chi connectivity index (χ1) is 11.7. The molecule has 0 bridgehead atoms. The van der Waals surface area contributed by atoms with Gasteiger partial charge in [0.25, 0.3) is 0 Å². The van der Waals surface area contributed by atoms with E-state index in [0.717, 1.165) is 22.9 Å². The van der Waals surface area contributed by atoms with Crippen LogP contribution in [0.1, 0.15) is 18.5 Å². The Balaban J connectivity index is 2.05. The number of thioether (sulfide) groups is 1. The van der Waals surface area contributed by atoms with Crippen molar-refractivity contribution in [3.8, 4) is 11.4 Å². The van der Waals surface area contributed by atoms with E-state index in [1.165, 1.54) is 0 Å². The lowest BCUT2D eigenvalue weighted by Crippen LogP contribution is -2.11. The molecule has 1 N–H and O–H groups in total. The highest BCUT2D eigenvalue weighted by Gasteiger charge is 2.21. The van der Waals surface area contributed by atoms with Gasteiger partial charge >= 0.3 is 5.97 Å². The van der Waals surface area contributed by atoms with Gasteiger partial charge in [-0.05, 0) is 24.6 Å². The molecule has 1 aromatic carbocycles. The second-order valence-corrected chi connectivity index (χ2v) is 6.13. The van der Waals surface area contributed by atoms with Crippen LogP contribution in [0.4, 0.5) is 0 Å². The second kappa shape index (κ2) is 7.27. The molecule has 0 aliphatic heterocycles. The van der Waals surface area contributed by atoms with E-state index in [0.29, 0.717) is 11.0 Å². The highest BCUT2D eigenvalue weighted by atomic mass is 32.2. The fourth-order valence-electron chi connectivity index (χ4n) is 2.42. The number of hydrogen-bond donors (Lipinski definition) is 1. The number of carbonyl (C=O) groups is 1. The summed E-state index contributed by atoms with van der Waals surface area (Å²) in [5, 5.41) is 18.0. The minimum absolute atomic E-state index is 0.0345. The van der Waals surface area contributed by atoms with Crippen LogP contribution >= 0.6 is 11.8 Å². The van der Waals surface area contributed by atoms with Gasteiger partial charge in [0.05, 0.1) is 11.8 Å². The van der Waals surface area contributed by atoms with Gasteiger partial charge < -0.3 is 5.11 Å². The molecule has 0 radical (unpaired) electrons. The zero-order valence-electron chi connectivity index (χ0n) is 13.0. The minimum Gasteiger partial charge on any atom is -0.481 e. The van der Waals surface area contributed by atoms with Crippen molar-refractivity contribution in [3.63, 3.8) is 0 Å². The molecule has 0 spiro atoms. The predicted octanol–water partition coefficient (Wildman–Crippen LogP) is 3.13. The van der Waals surface area contributed by atoms with Gasteiger partial charge in [-0.2, -0.15) is 0 Å². The average Bonchev–Trinajstić information content (AvgIpc) is 3.04. The maximum Gasteiger partial charge on any atom is 0.313 e. The molecule has 2 heterocycles. The van der Waals surface area contributed by atoms with Gasteiger partial charge in [-0.25, -0.2) is 0 Å². The summed E-state index contributed by atoms with van der Waals surface area (Å²) >= 11 is 1.16. The molecule has 0 amide bonds. The van der Waals surface area contributed by atoms with Gasteiger partial charge in [0.2, 0.25) is 0 Å². The van der Waals surface area contributed by atoms with Crippen LogP contribution in [0.15, 0.2) is 60.0 Å². The molecule has 2 aromatic heterocycles. The maximum atomic E-state index is 10.9. The number of pyridine rings is 1. The first-order valence-electron chi connectivity index (χ1n) is 7.41. The summed E-state index contributed by atoms with van der Waals surface area (Å²) in [5.74, 6) is -0.274. The Bertz CT molecular complexity index is 821. The Kier molecular flexibility index (Phi) is 4.90. The Morgan fingerprint density at radius 2 is 2.00 bits per heavy atom.